The van der Waals surface area contributed by atoms with Crippen molar-refractivity contribution in [1.82, 2.24) is 10.2 Å². The minimum absolute atomic E-state index is 0.0430. The lowest BCUT2D eigenvalue weighted by molar-refractivity contribution is -0.117. The highest BCUT2D eigenvalue weighted by Gasteiger charge is 2.20. The van der Waals surface area contributed by atoms with Crippen LogP contribution in [-0.2, 0) is 4.79 Å². The summed E-state index contributed by atoms with van der Waals surface area (Å²) >= 11 is 1.70. The van der Waals surface area contributed by atoms with Gasteiger partial charge in [0.25, 0.3) is 0 Å². The molecule has 0 bridgehead atoms. The molecule has 7 heteroatoms. The molecule has 1 N–H and O–H groups in total. The van der Waals surface area contributed by atoms with E-state index in [1.807, 2.05) is 30.3 Å². The number of unbranched alkanes of at least 4 members (excludes halogenated alkanes) is 1. The number of methoxy groups -OCH3 is 2. The molecule has 0 spiro atoms. The summed E-state index contributed by atoms with van der Waals surface area (Å²) in [7, 11) is 3.39. The number of rotatable bonds is 9. The molecule has 2 aromatic carbocycles. The van der Waals surface area contributed by atoms with Crippen LogP contribution in [0.3, 0.4) is 0 Å². The van der Waals surface area contributed by atoms with Crippen molar-refractivity contribution in [2.75, 3.05) is 64.1 Å². The first kappa shape index (κ1) is 23.5. The van der Waals surface area contributed by atoms with Gasteiger partial charge < -0.3 is 19.7 Å². The highest BCUT2D eigenvalue weighted by atomic mass is 32.2. The Hall–Kier alpha value is -2.64. The second-order valence-corrected chi connectivity index (χ2v) is 9.34. The van der Waals surface area contributed by atoms with Gasteiger partial charge in [-0.3, -0.25) is 9.69 Å². The molecule has 2 aliphatic heterocycles. The van der Waals surface area contributed by atoms with Gasteiger partial charge in [0.05, 0.1) is 19.9 Å². The highest BCUT2D eigenvalue weighted by Crippen LogP contribution is 2.34. The van der Waals surface area contributed by atoms with Gasteiger partial charge in [-0.1, -0.05) is 12.1 Å². The van der Waals surface area contributed by atoms with E-state index in [9.17, 15) is 4.79 Å². The zero-order valence-electron chi connectivity index (χ0n) is 19.5. The van der Waals surface area contributed by atoms with Gasteiger partial charge in [0.15, 0.2) is 0 Å². The molecule has 0 unspecified atom stereocenters. The third kappa shape index (κ3) is 6.03. The standard InChI is InChI=1S/C26H33N3O3S/c1-31-22-9-10-25-20(18-22)17-21(19-33-25)26(30)27-11-5-6-12-28-13-15-29(16-14-28)23-7-3-4-8-24(23)32-2/h3-4,7-10,17-18H,5-6,11-16,19H2,1-2H3,(H,27,30). The van der Waals surface area contributed by atoms with Crippen LogP contribution in [-0.4, -0.2) is 70.0 Å². The quantitative estimate of drug-likeness (QED) is 0.565. The van der Waals surface area contributed by atoms with Gasteiger partial charge in [0.1, 0.15) is 11.5 Å². The zero-order valence-corrected chi connectivity index (χ0v) is 20.3. The molecule has 0 atom stereocenters. The van der Waals surface area contributed by atoms with Gasteiger partial charge in [-0.15, -0.1) is 11.8 Å². The van der Waals surface area contributed by atoms with Crippen LogP contribution < -0.4 is 19.7 Å². The predicted octanol–water partition coefficient (Wildman–Crippen LogP) is 3.91. The number of anilines is 1. The van der Waals surface area contributed by atoms with Crippen molar-refractivity contribution >= 4 is 29.4 Å². The summed E-state index contributed by atoms with van der Waals surface area (Å²) in [5.74, 6) is 2.51. The Bertz CT molecular complexity index is 986. The lowest BCUT2D eigenvalue weighted by Crippen LogP contribution is -2.46. The van der Waals surface area contributed by atoms with Gasteiger partial charge in [0, 0.05) is 48.9 Å². The number of ether oxygens (including phenoxy) is 2. The first-order valence-electron chi connectivity index (χ1n) is 11.6. The van der Waals surface area contributed by atoms with Gasteiger partial charge in [-0.05, 0) is 61.4 Å². The number of amides is 1. The van der Waals surface area contributed by atoms with E-state index in [0.29, 0.717) is 12.3 Å². The third-order valence-corrected chi connectivity index (χ3v) is 7.34. The fourth-order valence-electron chi connectivity index (χ4n) is 4.29. The molecular weight excluding hydrogens is 434 g/mol. The Labute approximate surface area is 200 Å². The first-order valence-corrected chi connectivity index (χ1v) is 12.6. The lowest BCUT2D eigenvalue weighted by Gasteiger charge is -2.36. The van der Waals surface area contributed by atoms with E-state index >= 15 is 0 Å². The Balaban J connectivity index is 1.16. The summed E-state index contributed by atoms with van der Waals surface area (Å²) in [6, 6.07) is 14.2. The maximum Gasteiger partial charge on any atom is 0.248 e. The average Bonchev–Trinajstić information content (AvgIpc) is 2.88. The molecule has 0 radical (unpaired) electrons. The van der Waals surface area contributed by atoms with Crippen LogP contribution in [0, 0.1) is 0 Å². The molecule has 1 amide bonds. The molecule has 2 heterocycles. The van der Waals surface area contributed by atoms with Gasteiger partial charge in [-0.25, -0.2) is 0 Å². The summed E-state index contributed by atoms with van der Waals surface area (Å²) in [6.07, 6.45) is 4.07. The smallest absolute Gasteiger partial charge is 0.248 e. The molecule has 1 fully saturated rings. The van der Waals surface area contributed by atoms with E-state index in [1.54, 1.807) is 26.0 Å². The number of carbonyl (C=O) groups excluding carboxylic acids is 1. The molecule has 2 aliphatic rings. The Morgan fingerprint density at radius 3 is 2.64 bits per heavy atom. The predicted molar refractivity (Wildman–Crippen MR) is 136 cm³/mol. The molecule has 176 valence electrons. The fraction of sp³-hybridized carbons (Fsp3) is 0.423. The van der Waals surface area contributed by atoms with Crippen molar-refractivity contribution in [3.8, 4) is 11.5 Å². The van der Waals surface area contributed by atoms with E-state index in [-0.39, 0.29) is 5.91 Å². The van der Waals surface area contributed by atoms with E-state index < -0.39 is 0 Å². The van der Waals surface area contributed by atoms with E-state index in [2.05, 4.69) is 33.3 Å². The molecule has 33 heavy (non-hydrogen) atoms. The number of nitrogens with zero attached hydrogens (tertiary/aromatic N) is 2. The Morgan fingerprint density at radius 1 is 1.03 bits per heavy atom. The number of thioether (sulfide) groups is 1. The minimum atomic E-state index is 0.0430. The summed E-state index contributed by atoms with van der Waals surface area (Å²) in [6.45, 7) is 5.91. The number of hydrogen-bond donors (Lipinski definition) is 1. The molecular formula is C26H33N3O3S. The van der Waals surface area contributed by atoms with Crippen LogP contribution in [0.25, 0.3) is 6.08 Å². The van der Waals surface area contributed by atoms with Crippen LogP contribution in [0.15, 0.2) is 52.9 Å². The second kappa shape index (κ2) is 11.5. The fourth-order valence-corrected chi connectivity index (χ4v) is 5.27. The van der Waals surface area contributed by atoms with Crippen molar-refractivity contribution in [2.45, 2.75) is 17.7 Å². The van der Waals surface area contributed by atoms with Gasteiger partial charge >= 0.3 is 0 Å². The van der Waals surface area contributed by atoms with Crippen LogP contribution in [0.2, 0.25) is 0 Å². The Kier molecular flexibility index (Phi) is 8.18. The summed E-state index contributed by atoms with van der Waals surface area (Å²) in [4.78, 5) is 18.7. The minimum Gasteiger partial charge on any atom is -0.497 e. The monoisotopic (exact) mass is 467 g/mol. The molecule has 6 nitrogen and oxygen atoms in total. The zero-order chi connectivity index (χ0) is 23.0. The van der Waals surface area contributed by atoms with Crippen LogP contribution in [0.1, 0.15) is 18.4 Å². The third-order valence-electron chi connectivity index (χ3n) is 6.21. The molecule has 2 aromatic rings. The molecule has 0 saturated carbocycles. The number of piperazine rings is 1. The highest BCUT2D eigenvalue weighted by molar-refractivity contribution is 7.99. The number of hydrogen-bond acceptors (Lipinski definition) is 6. The number of fused-ring (bicyclic) bond motifs is 1. The number of benzene rings is 2. The molecule has 1 saturated heterocycles. The summed E-state index contributed by atoms with van der Waals surface area (Å²) < 4.78 is 10.8. The van der Waals surface area contributed by atoms with Gasteiger partial charge in [0.2, 0.25) is 5.91 Å². The van der Waals surface area contributed by atoms with Gasteiger partial charge in [-0.2, -0.15) is 0 Å². The average molecular weight is 468 g/mol. The van der Waals surface area contributed by atoms with Crippen molar-refractivity contribution in [1.29, 1.82) is 0 Å². The number of nitrogens with one attached hydrogen (secondary N) is 1. The summed E-state index contributed by atoms with van der Waals surface area (Å²) in [5.41, 5.74) is 3.06. The van der Waals surface area contributed by atoms with E-state index in [4.69, 9.17) is 9.47 Å². The summed E-state index contributed by atoms with van der Waals surface area (Å²) in [5, 5.41) is 3.10. The second-order valence-electron chi connectivity index (χ2n) is 8.33. The molecule has 4 rings (SSSR count). The molecule has 0 aromatic heterocycles. The van der Waals surface area contributed by atoms with Crippen LogP contribution in [0.5, 0.6) is 11.5 Å². The van der Waals surface area contributed by atoms with Crippen molar-refractivity contribution < 1.29 is 14.3 Å². The topological polar surface area (TPSA) is 54.0 Å². The van der Waals surface area contributed by atoms with E-state index in [1.165, 1.54) is 10.6 Å². The lowest BCUT2D eigenvalue weighted by atomic mass is 10.1. The van der Waals surface area contributed by atoms with Crippen molar-refractivity contribution in [3.05, 3.63) is 53.6 Å². The van der Waals surface area contributed by atoms with Crippen LogP contribution in [0.4, 0.5) is 5.69 Å². The van der Waals surface area contributed by atoms with Crippen molar-refractivity contribution in [2.24, 2.45) is 0 Å². The molecule has 0 aliphatic carbocycles. The number of para-hydroxylation sites is 2. The Morgan fingerprint density at radius 2 is 1.85 bits per heavy atom. The maximum absolute atomic E-state index is 12.6. The van der Waals surface area contributed by atoms with Crippen molar-refractivity contribution in [3.63, 3.8) is 0 Å². The maximum atomic E-state index is 12.6. The normalized spacial score (nSPS) is 16.1. The SMILES string of the molecule is COc1ccc2c(c1)C=C(C(=O)NCCCCN1CCN(c3ccccc3OC)CC1)CS2. The van der Waals surface area contributed by atoms with Crippen LogP contribution >= 0.6 is 11.8 Å². The number of carbonyl (C=O) groups is 1. The first-order chi connectivity index (χ1) is 16.2. The largest absolute Gasteiger partial charge is 0.497 e. The van der Waals surface area contributed by atoms with E-state index in [0.717, 1.165) is 68.2 Å².